The van der Waals surface area contributed by atoms with E-state index in [9.17, 15) is 0 Å². The highest BCUT2D eigenvalue weighted by Crippen LogP contribution is 2.05. The number of rotatable bonds is 3. The molecule has 0 aromatic rings. The minimum Gasteiger partial charge on any atom is -0.243 e. The topological polar surface area (TPSA) is 12.4 Å². The van der Waals surface area contributed by atoms with E-state index in [1.54, 1.807) is 18.4 Å². The van der Waals surface area contributed by atoms with Gasteiger partial charge in [0.25, 0.3) is 0 Å². The lowest BCUT2D eigenvalue weighted by molar-refractivity contribution is 1.57. The van der Waals surface area contributed by atoms with Crippen LogP contribution in [0.15, 0.2) is 40.5 Å². The highest BCUT2D eigenvalue weighted by atomic mass is 79.9. The van der Waals surface area contributed by atoms with E-state index in [2.05, 4.69) is 27.5 Å². The Bertz CT molecular complexity index is 216. The molecule has 0 bridgehead atoms. The quantitative estimate of drug-likeness (QED) is 0.522. The van der Waals surface area contributed by atoms with Crippen molar-refractivity contribution in [1.82, 2.24) is 0 Å². The Labute approximate surface area is 80.3 Å². The summed E-state index contributed by atoms with van der Waals surface area (Å²) in [6.45, 7) is 5.42. The van der Waals surface area contributed by atoms with Crippen LogP contribution in [0.4, 0.5) is 0 Å². The molecule has 0 atom stereocenters. The third-order valence-electron chi connectivity index (χ3n) is 0.810. The average molecular weight is 235 g/mol. The van der Waals surface area contributed by atoms with Gasteiger partial charge in [0.15, 0.2) is 0 Å². The van der Waals surface area contributed by atoms with E-state index in [0.717, 1.165) is 4.48 Å². The second-order valence-corrected chi connectivity index (χ2v) is 2.97. The number of aliphatic imine (C=N–C) groups is 1. The van der Waals surface area contributed by atoms with Gasteiger partial charge in [0.1, 0.15) is 5.17 Å². The lowest BCUT2D eigenvalue weighted by atomic mass is 10.5. The van der Waals surface area contributed by atoms with Gasteiger partial charge in [-0.1, -0.05) is 30.3 Å². The molecular weight excluding hydrogens is 225 g/mol. The highest BCUT2D eigenvalue weighted by Gasteiger charge is 1.82. The molecule has 60 valence electrons. The SMILES string of the molecule is C=C\C(Br)=C/N=C(Cl)/C=C/C. The van der Waals surface area contributed by atoms with E-state index in [4.69, 9.17) is 11.6 Å². The first-order chi connectivity index (χ1) is 5.20. The van der Waals surface area contributed by atoms with Crippen LogP contribution in [0.25, 0.3) is 0 Å². The monoisotopic (exact) mass is 233 g/mol. The largest absolute Gasteiger partial charge is 0.243 e. The van der Waals surface area contributed by atoms with Crippen molar-refractivity contribution in [2.75, 3.05) is 0 Å². The Kier molecular flexibility index (Phi) is 6.18. The maximum atomic E-state index is 5.65. The maximum Gasteiger partial charge on any atom is 0.128 e. The van der Waals surface area contributed by atoms with Crippen LogP contribution in [-0.2, 0) is 0 Å². The van der Waals surface area contributed by atoms with Crippen molar-refractivity contribution in [2.24, 2.45) is 4.99 Å². The minimum absolute atomic E-state index is 0.450. The molecule has 11 heavy (non-hydrogen) atoms. The van der Waals surface area contributed by atoms with Crippen LogP contribution in [0, 0.1) is 0 Å². The van der Waals surface area contributed by atoms with E-state index in [0.29, 0.717) is 5.17 Å². The summed E-state index contributed by atoms with van der Waals surface area (Å²) in [6, 6.07) is 0. The molecule has 0 aromatic carbocycles. The Balaban J connectivity index is 4.21. The number of hydrogen-bond acceptors (Lipinski definition) is 1. The molecule has 0 amide bonds. The molecule has 0 aromatic heterocycles. The average Bonchev–Trinajstić information content (AvgIpc) is 2.01. The third kappa shape index (κ3) is 6.07. The van der Waals surface area contributed by atoms with Crippen molar-refractivity contribution in [2.45, 2.75) is 6.92 Å². The van der Waals surface area contributed by atoms with Gasteiger partial charge in [-0.3, -0.25) is 0 Å². The Hall–Kier alpha value is -0.340. The fourth-order valence-corrected chi connectivity index (χ4v) is 0.634. The fourth-order valence-electron chi connectivity index (χ4n) is 0.357. The second kappa shape index (κ2) is 6.38. The zero-order chi connectivity index (χ0) is 8.69. The summed E-state index contributed by atoms with van der Waals surface area (Å²) in [5.41, 5.74) is 0. The molecule has 0 aliphatic carbocycles. The molecule has 0 heterocycles. The summed E-state index contributed by atoms with van der Waals surface area (Å²) >= 11 is 8.86. The van der Waals surface area contributed by atoms with Gasteiger partial charge in [0.05, 0.1) is 0 Å². The van der Waals surface area contributed by atoms with Crippen LogP contribution in [-0.4, -0.2) is 5.17 Å². The normalized spacial score (nSPS) is 14.1. The van der Waals surface area contributed by atoms with Gasteiger partial charge in [0, 0.05) is 10.7 Å². The number of halogens is 2. The van der Waals surface area contributed by atoms with Crippen molar-refractivity contribution in [3.05, 3.63) is 35.5 Å². The molecule has 0 saturated heterocycles. The first-order valence-corrected chi connectivity index (χ1v) is 4.22. The van der Waals surface area contributed by atoms with Crippen molar-refractivity contribution in [3.63, 3.8) is 0 Å². The summed E-state index contributed by atoms with van der Waals surface area (Å²) in [7, 11) is 0. The molecule has 0 spiro atoms. The van der Waals surface area contributed by atoms with Crippen molar-refractivity contribution >= 4 is 32.7 Å². The molecule has 0 fully saturated rings. The summed E-state index contributed by atoms with van der Waals surface area (Å²) < 4.78 is 0.806. The van der Waals surface area contributed by atoms with Crippen molar-refractivity contribution in [1.29, 1.82) is 0 Å². The molecule has 0 rings (SSSR count). The summed E-state index contributed by atoms with van der Waals surface area (Å²) in [6.07, 6.45) is 6.77. The van der Waals surface area contributed by atoms with Crippen LogP contribution in [0.1, 0.15) is 6.92 Å². The van der Waals surface area contributed by atoms with Crippen LogP contribution >= 0.6 is 27.5 Å². The van der Waals surface area contributed by atoms with Crippen LogP contribution in [0.3, 0.4) is 0 Å². The Morgan fingerprint density at radius 2 is 2.27 bits per heavy atom. The highest BCUT2D eigenvalue weighted by molar-refractivity contribution is 9.11. The summed E-state index contributed by atoms with van der Waals surface area (Å²) in [5.74, 6) is 0. The van der Waals surface area contributed by atoms with Crippen LogP contribution in [0.5, 0.6) is 0 Å². The molecule has 0 saturated carbocycles. The predicted molar refractivity (Wildman–Crippen MR) is 55.3 cm³/mol. The van der Waals surface area contributed by atoms with E-state index in [1.807, 2.05) is 13.0 Å². The first kappa shape index (κ1) is 10.7. The Morgan fingerprint density at radius 1 is 1.64 bits per heavy atom. The summed E-state index contributed by atoms with van der Waals surface area (Å²) in [5, 5.41) is 0.450. The number of nitrogens with zero attached hydrogens (tertiary/aromatic N) is 1. The van der Waals surface area contributed by atoms with Crippen molar-refractivity contribution < 1.29 is 0 Å². The van der Waals surface area contributed by atoms with Gasteiger partial charge in [-0.05, 0) is 28.9 Å². The maximum absolute atomic E-state index is 5.65. The number of allylic oxidation sites excluding steroid dienone is 4. The Morgan fingerprint density at radius 3 is 2.73 bits per heavy atom. The standard InChI is InChI=1S/C8H9BrClN/c1-3-5-8(10)11-6-7(9)4-2/h3-6H,2H2,1H3/b5-3+,7-6+,11-8-. The van der Waals surface area contributed by atoms with Gasteiger partial charge < -0.3 is 0 Å². The van der Waals surface area contributed by atoms with Gasteiger partial charge >= 0.3 is 0 Å². The van der Waals surface area contributed by atoms with E-state index < -0.39 is 0 Å². The van der Waals surface area contributed by atoms with Crippen molar-refractivity contribution in [3.8, 4) is 0 Å². The lowest BCUT2D eigenvalue weighted by Crippen LogP contribution is -1.75. The zero-order valence-corrected chi connectivity index (χ0v) is 8.56. The second-order valence-electron chi connectivity index (χ2n) is 1.67. The van der Waals surface area contributed by atoms with Crippen LogP contribution < -0.4 is 0 Å². The molecule has 0 unspecified atom stereocenters. The van der Waals surface area contributed by atoms with E-state index in [1.165, 1.54) is 0 Å². The fraction of sp³-hybridized carbons (Fsp3) is 0.125. The summed E-state index contributed by atoms with van der Waals surface area (Å²) in [4.78, 5) is 3.90. The van der Waals surface area contributed by atoms with Gasteiger partial charge in [-0.2, -0.15) is 0 Å². The minimum atomic E-state index is 0.450. The number of hydrogen-bond donors (Lipinski definition) is 0. The lowest BCUT2D eigenvalue weighted by Gasteiger charge is -1.84. The predicted octanol–water partition coefficient (Wildman–Crippen LogP) is 3.62. The molecule has 0 aliphatic heterocycles. The zero-order valence-electron chi connectivity index (χ0n) is 6.22. The van der Waals surface area contributed by atoms with Gasteiger partial charge in [-0.15, -0.1) is 0 Å². The van der Waals surface area contributed by atoms with E-state index >= 15 is 0 Å². The van der Waals surface area contributed by atoms with Gasteiger partial charge in [0.2, 0.25) is 0 Å². The van der Waals surface area contributed by atoms with Crippen LogP contribution in [0.2, 0.25) is 0 Å². The molecular formula is C8H9BrClN. The molecule has 0 aliphatic rings. The first-order valence-electron chi connectivity index (χ1n) is 3.04. The molecule has 0 radical (unpaired) electrons. The molecule has 1 nitrogen and oxygen atoms in total. The molecule has 0 N–H and O–H groups in total. The van der Waals surface area contributed by atoms with E-state index in [-0.39, 0.29) is 0 Å². The molecule has 3 heteroatoms. The third-order valence-corrected chi connectivity index (χ3v) is 1.56. The van der Waals surface area contributed by atoms with Gasteiger partial charge in [-0.25, -0.2) is 4.99 Å². The smallest absolute Gasteiger partial charge is 0.128 e.